The number of carbonyl (C=O) groups excluding carboxylic acids is 2. The van der Waals surface area contributed by atoms with Crippen molar-refractivity contribution < 1.29 is 22.4 Å². The van der Waals surface area contributed by atoms with Crippen molar-refractivity contribution in [2.45, 2.75) is 30.1 Å². The molecule has 1 aliphatic carbocycles. The minimum Gasteiger partial charge on any atom is -0.306 e. The van der Waals surface area contributed by atoms with E-state index in [0.29, 0.717) is 5.56 Å². The molecule has 1 saturated carbocycles. The number of rotatable bonds is 4. The summed E-state index contributed by atoms with van der Waals surface area (Å²) in [6.45, 7) is 0. The minimum absolute atomic E-state index is 0.0539. The van der Waals surface area contributed by atoms with Crippen LogP contribution in [0.5, 0.6) is 0 Å². The molecule has 1 fully saturated rings. The average Bonchev–Trinajstić information content (AvgIpc) is 2.56. The number of nitrogens with one attached hydrogen (secondary N) is 2. The Balaban J connectivity index is 1.87. The summed E-state index contributed by atoms with van der Waals surface area (Å²) < 4.78 is 37.9. The molecule has 0 aliphatic heterocycles. The second kappa shape index (κ2) is 8.25. The molecule has 1 aromatic heterocycles. The summed E-state index contributed by atoms with van der Waals surface area (Å²) in [5, 5.41) is 3.55. The van der Waals surface area contributed by atoms with E-state index in [9.17, 15) is 22.4 Å². The van der Waals surface area contributed by atoms with Crippen LogP contribution < -0.4 is 10.6 Å². The number of hydrogen-bond acceptors (Lipinski definition) is 5. The normalized spacial score (nSPS) is 14.2. The Morgan fingerprint density at radius 2 is 1.90 bits per heavy atom. The van der Waals surface area contributed by atoms with Crippen LogP contribution in [0.15, 0.2) is 29.2 Å². The maximum absolute atomic E-state index is 13.6. The number of para-hydroxylation sites is 1. The zero-order chi connectivity index (χ0) is 21.3. The van der Waals surface area contributed by atoms with Crippen molar-refractivity contribution in [1.82, 2.24) is 10.3 Å². The maximum Gasteiger partial charge on any atom is 0.326 e. The second-order valence-electron chi connectivity index (χ2n) is 6.63. The third-order valence-corrected chi connectivity index (χ3v) is 6.29. The van der Waals surface area contributed by atoms with Crippen LogP contribution in [0.2, 0.25) is 10.3 Å². The fraction of sp³-hybridized carbons (Fsp3) is 0.278. The summed E-state index contributed by atoms with van der Waals surface area (Å²) in [7, 11) is -3.64. The highest BCUT2D eigenvalue weighted by Gasteiger charge is 2.27. The average molecular weight is 460 g/mol. The molecular weight excluding hydrogens is 444 g/mol. The topological polar surface area (TPSA) is 105 Å². The van der Waals surface area contributed by atoms with Crippen molar-refractivity contribution >= 4 is 50.7 Å². The number of imide groups is 1. The van der Waals surface area contributed by atoms with Crippen LogP contribution >= 0.6 is 23.2 Å². The molecule has 0 bridgehead atoms. The van der Waals surface area contributed by atoms with Crippen LogP contribution in [0.3, 0.4) is 0 Å². The first kappa shape index (κ1) is 21.5. The van der Waals surface area contributed by atoms with Crippen molar-refractivity contribution in [2.75, 3.05) is 11.6 Å². The van der Waals surface area contributed by atoms with Crippen molar-refractivity contribution in [2.24, 2.45) is 0 Å². The zero-order valence-electron chi connectivity index (χ0n) is 15.1. The fourth-order valence-corrected chi connectivity index (χ4v) is 4.24. The van der Waals surface area contributed by atoms with Gasteiger partial charge in [-0.25, -0.2) is 22.6 Å². The number of hydrogen-bond donors (Lipinski definition) is 2. The molecular formula is C18H16Cl2FN3O4S. The Bertz CT molecular complexity index is 1100. The number of halogens is 3. The number of aromatic nitrogens is 1. The van der Waals surface area contributed by atoms with Crippen molar-refractivity contribution in [3.63, 3.8) is 0 Å². The lowest BCUT2D eigenvalue weighted by atomic mass is 9.79. The number of sulfone groups is 1. The van der Waals surface area contributed by atoms with Gasteiger partial charge in [0.1, 0.15) is 5.15 Å². The largest absolute Gasteiger partial charge is 0.326 e. The molecule has 0 spiro atoms. The molecule has 0 radical (unpaired) electrons. The first-order valence-corrected chi connectivity index (χ1v) is 11.2. The quantitative estimate of drug-likeness (QED) is 0.667. The monoisotopic (exact) mass is 459 g/mol. The highest BCUT2D eigenvalue weighted by atomic mass is 35.5. The molecule has 3 rings (SSSR count). The molecule has 154 valence electrons. The zero-order valence-corrected chi connectivity index (χ0v) is 17.5. The van der Waals surface area contributed by atoms with E-state index < -0.39 is 32.7 Å². The summed E-state index contributed by atoms with van der Waals surface area (Å²) in [6.07, 6.45) is 3.77. The molecule has 0 saturated heterocycles. The van der Waals surface area contributed by atoms with Crippen LogP contribution in [0.4, 0.5) is 14.9 Å². The number of carbonyl (C=O) groups is 2. The Morgan fingerprint density at radius 3 is 2.48 bits per heavy atom. The molecule has 0 unspecified atom stereocenters. The lowest BCUT2D eigenvalue weighted by Crippen LogP contribution is -2.35. The van der Waals surface area contributed by atoms with Gasteiger partial charge in [-0.2, -0.15) is 0 Å². The van der Waals surface area contributed by atoms with E-state index in [4.69, 9.17) is 23.2 Å². The van der Waals surface area contributed by atoms with Crippen LogP contribution in [-0.2, 0) is 9.84 Å². The van der Waals surface area contributed by atoms with Crippen molar-refractivity contribution in [3.05, 3.63) is 51.5 Å². The van der Waals surface area contributed by atoms with E-state index in [2.05, 4.69) is 10.3 Å². The second-order valence-corrected chi connectivity index (χ2v) is 9.33. The molecule has 3 amide bonds. The van der Waals surface area contributed by atoms with E-state index in [0.717, 1.165) is 31.6 Å². The number of amides is 3. The van der Waals surface area contributed by atoms with Crippen LogP contribution in [0.1, 0.15) is 41.1 Å². The molecule has 2 N–H and O–H groups in total. The third-order valence-electron chi connectivity index (χ3n) is 4.60. The van der Waals surface area contributed by atoms with Crippen molar-refractivity contribution in [3.8, 4) is 0 Å². The Kier molecular flexibility index (Phi) is 6.11. The van der Waals surface area contributed by atoms with Gasteiger partial charge in [0.2, 0.25) is 0 Å². The van der Waals surface area contributed by atoms with Gasteiger partial charge in [0, 0.05) is 6.26 Å². The van der Waals surface area contributed by atoms with E-state index in [1.165, 1.54) is 6.07 Å². The summed E-state index contributed by atoms with van der Waals surface area (Å²) in [5.41, 5.74) is 0.412. The predicted molar refractivity (Wildman–Crippen MR) is 107 cm³/mol. The Labute approximate surface area is 176 Å². The Hall–Kier alpha value is -2.23. The maximum atomic E-state index is 13.6. The van der Waals surface area contributed by atoms with E-state index in [1.54, 1.807) is 12.1 Å². The van der Waals surface area contributed by atoms with Gasteiger partial charge in [0.25, 0.3) is 5.91 Å². The summed E-state index contributed by atoms with van der Waals surface area (Å²) in [6, 6.07) is 4.50. The first-order valence-electron chi connectivity index (χ1n) is 8.54. The van der Waals surface area contributed by atoms with Crippen molar-refractivity contribution in [1.29, 1.82) is 0 Å². The van der Waals surface area contributed by atoms with Gasteiger partial charge in [-0.1, -0.05) is 41.8 Å². The molecule has 1 aliphatic rings. The van der Waals surface area contributed by atoms with Gasteiger partial charge >= 0.3 is 6.03 Å². The fourth-order valence-electron chi connectivity index (χ4n) is 2.97. The van der Waals surface area contributed by atoms with Gasteiger partial charge in [-0.15, -0.1) is 0 Å². The number of pyridine rings is 1. The molecule has 1 heterocycles. The molecule has 0 atom stereocenters. The van der Waals surface area contributed by atoms with Gasteiger partial charge in [0.05, 0.1) is 16.1 Å². The van der Waals surface area contributed by atoms with E-state index >= 15 is 0 Å². The van der Waals surface area contributed by atoms with Gasteiger partial charge in [-0.05, 0) is 36.5 Å². The summed E-state index contributed by atoms with van der Waals surface area (Å²) >= 11 is 11.3. The number of anilines is 1. The van der Waals surface area contributed by atoms with Gasteiger partial charge in [0.15, 0.2) is 20.8 Å². The molecule has 29 heavy (non-hydrogen) atoms. The molecule has 2 aromatic rings. The number of urea groups is 1. The van der Waals surface area contributed by atoms with Gasteiger partial charge in [-0.3, -0.25) is 10.1 Å². The lowest BCUT2D eigenvalue weighted by molar-refractivity contribution is 0.0966. The standard InChI is InChI=1S/C18H16Cl2FN3O4S/c1-29(27,28)13-7-3-6-10(9-4-2-5-9)14(13)22-18(26)24-17(25)11-8-12(21)16(20)23-15(11)19/h3,6-9H,2,4-5H2,1H3,(H2,22,24,25,26). The molecule has 1 aromatic carbocycles. The van der Waals surface area contributed by atoms with Crippen LogP contribution in [0, 0.1) is 5.82 Å². The smallest absolute Gasteiger partial charge is 0.306 e. The Morgan fingerprint density at radius 1 is 1.21 bits per heavy atom. The first-order chi connectivity index (χ1) is 13.6. The highest BCUT2D eigenvalue weighted by molar-refractivity contribution is 7.90. The highest BCUT2D eigenvalue weighted by Crippen LogP contribution is 2.42. The van der Waals surface area contributed by atoms with Gasteiger partial charge < -0.3 is 5.32 Å². The number of nitrogens with zero attached hydrogens (tertiary/aromatic N) is 1. The summed E-state index contributed by atoms with van der Waals surface area (Å²) in [5.74, 6) is -1.87. The van der Waals surface area contributed by atoms with Crippen LogP contribution in [0.25, 0.3) is 0 Å². The SMILES string of the molecule is CS(=O)(=O)c1cccc(C2CCC2)c1NC(=O)NC(=O)c1cc(F)c(Cl)nc1Cl. The minimum atomic E-state index is -3.64. The van der Waals surface area contributed by atoms with E-state index in [1.807, 2.05) is 5.32 Å². The predicted octanol–water partition coefficient (Wildman–Crippen LogP) is 4.16. The number of benzene rings is 1. The molecule has 11 heteroatoms. The van der Waals surface area contributed by atoms with Crippen LogP contribution in [-0.4, -0.2) is 31.6 Å². The third kappa shape index (κ3) is 4.68. The molecule has 7 nitrogen and oxygen atoms in total. The van der Waals surface area contributed by atoms with E-state index in [-0.39, 0.29) is 27.2 Å². The lowest BCUT2D eigenvalue weighted by Gasteiger charge is -2.28. The summed E-state index contributed by atoms with van der Waals surface area (Å²) in [4.78, 5) is 28.1.